The molecule has 2 aliphatic rings. The van der Waals surface area contributed by atoms with Crippen molar-refractivity contribution in [3.05, 3.63) is 11.6 Å². The van der Waals surface area contributed by atoms with Crippen molar-refractivity contribution in [3.63, 3.8) is 0 Å². The fourth-order valence-electron chi connectivity index (χ4n) is 2.97. The van der Waals surface area contributed by atoms with E-state index >= 15 is 0 Å². The fraction of sp³-hybridized carbons (Fsp3) is 0.818. The lowest BCUT2D eigenvalue weighted by Crippen LogP contribution is -2.05. The Morgan fingerprint density at radius 1 is 1.36 bits per heavy atom. The van der Waals surface area contributed by atoms with E-state index in [4.69, 9.17) is 0 Å². The summed E-state index contributed by atoms with van der Waals surface area (Å²) >= 11 is 0. The quantitative estimate of drug-likeness (QED) is 0.464. The van der Waals surface area contributed by atoms with Gasteiger partial charge < -0.3 is 0 Å². The standard InChI is InChI=1S/C11H18/c1-8-4-5-9-6-11(2,3)7-10(8)9/h4,9-10H,5-7H2,1-3H3/t9-,10-/m1/s1. The van der Waals surface area contributed by atoms with Crippen LogP contribution in [0.3, 0.4) is 0 Å². The molecule has 62 valence electrons. The Hall–Kier alpha value is -0.260. The van der Waals surface area contributed by atoms with E-state index in [1.165, 1.54) is 19.3 Å². The third kappa shape index (κ3) is 1.13. The predicted octanol–water partition coefficient (Wildman–Crippen LogP) is 3.39. The summed E-state index contributed by atoms with van der Waals surface area (Å²) in [5.74, 6) is 1.95. The number of allylic oxidation sites excluding steroid dienone is 2. The van der Waals surface area contributed by atoms with Crippen LogP contribution in [0.4, 0.5) is 0 Å². The van der Waals surface area contributed by atoms with Crippen LogP contribution in [0.5, 0.6) is 0 Å². The molecule has 1 saturated carbocycles. The SMILES string of the molecule is CC1=CC[C@@H]2CC(C)(C)C[C@H]12. The summed E-state index contributed by atoms with van der Waals surface area (Å²) in [5.41, 5.74) is 2.30. The van der Waals surface area contributed by atoms with Gasteiger partial charge >= 0.3 is 0 Å². The van der Waals surface area contributed by atoms with E-state index < -0.39 is 0 Å². The minimum absolute atomic E-state index is 0.630. The second-order valence-electron chi connectivity index (χ2n) is 5.12. The summed E-state index contributed by atoms with van der Waals surface area (Å²) < 4.78 is 0. The van der Waals surface area contributed by atoms with Crippen LogP contribution in [0.15, 0.2) is 11.6 Å². The van der Waals surface area contributed by atoms with Gasteiger partial charge in [0.15, 0.2) is 0 Å². The van der Waals surface area contributed by atoms with Crippen molar-refractivity contribution in [1.82, 2.24) is 0 Å². The van der Waals surface area contributed by atoms with Gasteiger partial charge in [-0.15, -0.1) is 0 Å². The first-order valence-electron chi connectivity index (χ1n) is 4.75. The van der Waals surface area contributed by atoms with Crippen LogP contribution >= 0.6 is 0 Å². The normalized spacial score (nSPS) is 40.5. The number of rotatable bonds is 0. The van der Waals surface area contributed by atoms with Crippen LogP contribution in [-0.2, 0) is 0 Å². The molecule has 0 aromatic heterocycles. The predicted molar refractivity (Wildman–Crippen MR) is 48.4 cm³/mol. The van der Waals surface area contributed by atoms with Crippen LogP contribution < -0.4 is 0 Å². The highest BCUT2D eigenvalue weighted by Crippen LogP contribution is 2.52. The molecule has 0 aromatic rings. The molecule has 0 bridgehead atoms. The smallest absolute Gasteiger partial charge is 0.0169 e. The van der Waals surface area contributed by atoms with E-state index in [1.807, 2.05) is 0 Å². The zero-order valence-electron chi connectivity index (χ0n) is 7.85. The molecule has 2 aliphatic carbocycles. The van der Waals surface area contributed by atoms with E-state index in [0.717, 1.165) is 11.8 Å². The minimum atomic E-state index is 0.630. The summed E-state index contributed by atoms with van der Waals surface area (Å²) in [6.45, 7) is 7.14. The lowest BCUT2D eigenvalue weighted by Gasteiger charge is -2.17. The Morgan fingerprint density at radius 2 is 2.09 bits per heavy atom. The number of hydrogen-bond acceptors (Lipinski definition) is 0. The first-order valence-corrected chi connectivity index (χ1v) is 4.75. The lowest BCUT2D eigenvalue weighted by molar-refractivity contribution is 0.359. The average Bonchev–Trinajstić information content (AvgIpc) is 2.31. The van der Waals surface area contributed by atoms with Crippen molar-refractivity contribution in [3.8, 4) is 0 Å². The van der Waals surface area contributed by atoms with Crippen molar-refractivity contribution in [2.24, 2.45) is 17.3 Å². The van der Waals surface area contributed by atoms with Crippen LogP contribution in [0.25, 0.3) is 0 Å². The largest absolute Gasteiger partial charge is 0.0850 e. The van der Waals surface area contributed by atoms with Gasteiger partial charge in [0.1, 0.15) is 0 Å². The van der Waals surface area contributed by atoms with Crippen molar-refractivity contribution in [2.75, 3.05) is 0 Å². The Kier molecular flexibility index (Phi) is 1.42. The highest BCUT2D eigenvalue weighted by Gasteiger charge is 2.41. The molecular weight excluding hydrogens is 132 g/mol. The maximum absolute atomic E-state index is 2.45. The van der Waals surface area contributed by atoms with E-state index in [-0.39, 0.29) is 0 Å². The van der Waals surface area contributed by atoms with E-state index in [0.29, 0.717) is 5.41 Å². The maximum Gasteiger partial charge on any atom is -0.0169 e. The molecular formula is C11H18. The molecule has 0 heterocycles. The second kappa shape index (κ2) is 2.12. The molecule has 0 unspecified atom stereocenters. The second-order valence-corrected chi connectivity index (χ2v) is 5.12. The molecule has 0 radical (unpaired) electrons. The fourth-order valence-corrected chi connectivity index (χ4v) is 2.97. The molecule has 0 aliphatic heterocycles. The van der Waals surface area contributed by atoms with Gasteiger partial charge in [0, 0.05) is 0 Å². The Bertz CT molecular complexity index is 198. The summed E-state index contributed by atoms with van der Waals surface area (Å²) in [6.07, 6.45) is 6.69. The van der Waals surface area contributed by atoms with Gasteiger partial charge in [-0.1, -0.05) is 25.5 Å². The Balaban J connectivity index is 2.16. The topological polar surface area (TPSA) is 0 Å². The molecule has 0 nitrogen and oxygen atoms in total. The van der Waals surface area contributed by atoms with Crippen LogP contribution in [0.2, 0.25) is 0 Å². The summed E-state index contributed by atoms with van der Waals surface area (Å²) in [4.78, 5) is 0. The third-order valence-corrected chi connectivity index (χ3v) is 3.48. The van der Waals surface area contributed by atoms with Crippen LogP contribution in [0, 0.1) is 17.3 Å². The third-order valence-electron chi connectivity index (χ3n) is 3.48. The molecule has 0 heteroatoms. The molecule has 0 N–H and O–H groups in total. The van der Waals surface area contributed by atoms with Crippen molar-refractivity contribution >= 4 is 0 Å². The van der Waals surface area contributed by atoms with E-state index in [1.54, 1.807) is 5.57 Å². The molecule has 2 rings (SSSR count). The molecule has 0 aromatic carbocycles. The molecule has 1 fully saturated rings. The van der Waals surface area contributed by atoms with Gasteiger partial charge in [-0.25, -0.2) is 0 Å². The van der Waals surface area contributed by atoms with Crippen molar-refractivity contribution in [2.45, 2.75) is 40.0 Å². The maximum atomic E-state index is 2.45. The highest BCUT2D eigenvalue weighted by atomic mass is 14.5. The van der Waals surface area contributed by atoms with Crippen LogP contribution in [0.1, 0.15) is 40.0 Å². The first-order chi connectivity index (χ1) is 5.08. The first kappa shape index (κ1) is 7.39. The van der Waals surface area contributed by atoms with Gasteiger partial charge in [0.2, 0.25) is 0 Å². The summed E-state index contributed by atoms with van der Waals surface area (Å²) in [6, 6.07) is 0. The molecule has 0 spiro atoms. The summed E-state index contributed by atoms with van der Waals surface area (Å²) in [5, 5.41) is 0. The lowest BCUT2D eigenvalue weighted by atomic mass is 9.89. The van der Waals surface area contributed by atoms with E-state index in [2.05, 4.69) is 26.8 Å². The number of hydrogen-bond donors (Lipinski definition) is 0. The van der Waals surface area contributed by atoms with Gasteiger partial charge in [-0.2, -0.15) is 0 Å². The average molecular weight is 150 g/mol. The van der Waals surface area contributed by atoms with Gasteiger partial charge in [-0.05, 0) is 43.4 Å². The van der Waals surface area contributed by atoms with Gasteiger partial charge in [0.25, 0.3) is 0 Å². The monoisotopic (exact) mass is 150 g/mol. The van der Waals surface area contributed by atoms with Gasteiger partial charge in [-0.3, -0.25) is 0 Å². The minimum Gasteiger partial charge on any atom is -0.0850 e. The molecule has 2 atom stereocenters. The van der Waals surface area contributed by atoms with Crippen LogP contribution in [-0.4, -0.2) is 0 Å². The molecule has 0 amide bonds. The van der Waals surface area contributed by atoms with Crippen molar-refractivity contribution in [1.29, 1.82) is 0 Å². The van der Waals surface area contributed by atoms with Crippen molar-refractivity contribution < 1.29 is 0 Å². The van der Waals surface area contributed by atoms with Gasteiger partial charge in [0.05, 0.1) is 0 Å². The Labute approximate surface area is 69.7 Å². The Morgan fingerprint density at radius 3 is 2.73 bits per heavy atom. The highest BCUT2D eigenvalue weighted by molar-refractivity contribution is 5.16. The zero-order valence-corrected chi connectivity index (χ0v) is 7.85. The molecule has 0 saturated heterocycles. The summed E-state index contributed by atoms with van der Waals surface area (Å²) in [7, 11) is 0. The van der Waals surface area contributed by atoms with E-state index in [9.17, 15) is 0 Å². The number of fused-ring (bicyclic) bond motifs is 1. The molecule has 11 heavy (non-hydrogen) atoms. The zero-order chi connectivity index (χ0) is 8.06.